The molecule has 104 valence electrons. The zero-order valence-corrected chi connectivity index (χ0v) is 10.8. The molecule has 0 saturated heterocycles. The molecule has 4 nitrogen and oxygen atoms in total. The topological polar surface area (TPSA) is 66.8 Å². The maximum absolute atomic E-state index is 13.5. The minimum Gasteiger partial charge on any atom is -0.508 e. The SMILES string of the molecule is COc1cc(C2(C(=O)O)CCCCC2)c(O)cc1F. The lowest BCUT2D eigenvalue weighted by molar-refractivity contribution is -0.145. The first-order chi connectivity index (χ1) is 9.01. The Balaban J connectivity index is 2.56. The molecule has 0 unspecified atom stereocenters. The van der Waals surface area contributed by atoms with Crippen molar-refractivity contribution in [3.05, 3.63) is 23.5 Å². The summed E-state index contributed by atoms with van der Waals surface area (Å²) < 4.78 is 18.4. The van der Waals surface area contributed by atoms with Crippen LogP contribution >= 0.6 is 0 Å². The van der Waals surface area contributed by atoms with E-state index in [0.29, 0.717) is 12.8 Å². The summed E-state index contributed by atoms with van der Waals surface area (Å²) >= 11 is 0. The molecule has 0 aromatic heterocycles. The van der Waals surface area contributed by atoms with E-state index in [2.05, 4.69) is 0 Å². The average molecular weight is 268 g/mol. The Hall–Kier alpha value is -1.78. The Morgan fingerprint density at radius 1 is 1.32 bits per heavy atom. The summed E-state index contributed by atoms with van der Waals surface area (Å²) in [6.45, 7) is 0. The number of benzene rings is 1. The normalized spacial score (nSPS) is 18.0. The maximum Gasteiger partial charge on any atom is 0.314 e. The molecule has 1 saturated carbocycles. The van der Waals surface area contributed by atoms with Gasteiger partial charge >= 0.3 is 5.97 Å². The molecule has 1 aliphatic carbocycles. The summed E-state index contributed by atoms with van der Waals surface area (Å²) in [6.07, 6.45) is 3.44. The number of rotatable bonds is 3. The molecular weight excluding hydrogens is 251 g/mol. The predicted molar refractivity (Wildman–Crippen MR) is 67.0 cm³/mol. The van der Waals surface area contributed by atoms with E-state index in [9.17, 15) is 19.4 Å². The third-order valence-electron chi connectivity index (χ3n) is 3.90. The molecule has 0 heterocycles. The van der Waals surface area contributed by atoms with E-state index >= 15 is 0 Å². The molecule has 0 atom stereocenters. The molecule has 0 spiro atoms. The van der Waals surface area contributed by atoms with Gasteiger partial charge in [-0.2, -0.15) is 0 Å². The predicted octanol–water partition coefficient (Wildman–Crippen LogP) is 2.83. The first-order valence-corrected chi connectivity index (χ1v) is 6.31. The van der Waals surface area contributed by atoms with Crippen molar-refractivity contribution in [3.8, 4) is 11.5 Å². The molecule has 0 aliphatic heterocycles. The van der Waals surface area contributed by atoms with Crippen LogP contribution in [0.5, 0.6) is 11.5 Å². The number of aromatic hydroxyl groups is 1. The molecule has 19 heavy (non-hydrogen) atoms. The summed E-state index contributed by atoms with van der Waals surface area (Å²) in [7, 11) is 1.31. The lowest BCUT2D eigenvalue weighted by Gasteiger charge is -2.34. The molecule has 2 N–H and O–H groups in total. The van der Waals surface area contributed by atoms with E-state index in [4.69, 9.17) is 4.74 Å². The standard InChI is InChI=1S/C14H17FO4/c1-19-12-7-9(11(16)8-10(12)15)14(13(17)18)5-3-2-4-6-14/h7-8,16H,2-6H2,1H3,(H,17,18). The number of carbonyl (C=O) groups is 1. The minimum atomic E-state index is -1.14. The summed E-state index contributed by atoms with van der Waals surface area (Å²) in [6, 6.07) is 2.23. The third kappa shape index (κ3) is 2.25. The second-order valence-corrected chi connectivity index (χ2v) is 4.95. The number of aliphatic carboxylic acids is 1. The van der Waals surface area contributed by atoms with Gasteiger partial charge in [-0.05, 0) is 18.9 Å². The summed E-state index contributed by atoms with van der Waals surface area (Å²) in [5.41, 5.74) is -0.887. The van der Waals surface area contributed by atoms with Crippen LogP contribution in [0.2, 0.25) is 0 Å². The molecule has 5 heteroatoms. The Labute approximate surface area is 110 Å². The zero-order valence-electron chi connectivity index (χ0n) is 10.8. The maximum atomic E-state index is 13.5. The van der Waals surface area contributed by atoms with Crippen molar-refractivity contribution in [2.45, 2.75) is 37.5 Å². The van der Waals surface area contributed by atoms with Crippen molar-refractivity contribution >= 4 is 5.97 Å². The fourth-order valence-corrected chi connectivity index (χ4v) is 2.84. The number of ether oxygens (including phenoxy) is 1. The largest absolute Gasteiger partial charge is 0.508 e. The Morgan fingerprint density at radius 3 is 2.47 bits per heavy atom. The van der Waals surface area contributed by atoms with Gasteiger partial charge in [0, 0.05) is 11.6 Å². The highest BCUT2D eigenvalue weighted by atomic mass is 19.1. The van der Waals surface area contributed by atoms with Gasteiger partial charge in [0.15, 0.2) is 11.6 Å². The number of hydrogen-bond donors (Lipinski definition) is 2. The number of phenols is 1. The number of methoxy groups -OCH3 is 1. The molecule has 1 aromatic carbocycles. The van der Waals surface area contributed by atoms with Crippen molar-refractivity contribution in [1.29, 1.82) is 0 Å². The van der Waals surface area contributed by atoms with Crippen LogP contribution in [0.4, 0.5) is 4.39 Å². The highest BCUT2D eigenvalue weighted by Gasteiger charge is 2.43. The Kier molecular flexibility index (Phi) is 3.64. The third-order valence-corrected chi connectivity index (χ3v) is 3.90. The lowest BCUT2D eigenvalue weighted by Crippen LogP contribution is -2.38. The fraction of sp³-hybridized carbons (Fsp3) is 0.500. The first-order valence-electron chi connectivity index (χ1n) is 6.31. The Morgan fingerprint density at radius 2 is 1.95 bits per heavy atom. The fourth-order valence-electron chi connectivity index (χ4n) is 2.84. The lowest BCUT2D eigenvalue weighted by atomic mass is 9.69. The van der Waals surface area contributed by atoms with Gasteiger partial charge in [0.25, 0.3) is 0 Å². The van der Waals surface area contributed by atoms with Crippen LogP contribution in [-0.4, -0.2) is 23.3 Å². The van der Waals surface area contributed by atoms with Crippen molar-refractivity contribution in [3.63, 3.8) is 0 Å². The van der Waals surface area contributed by atoms with Crippen molar-refractivity contribution in [1.82, 2.24) is 0 Å². The van der Waals surface area contributed by atoms with Crippen LogP contribution in [0, 0.1) is 5.82 Å². The van der Waals surface area contributed by atoms with Gasteiger partial charge in [-0.3, -0.25) is 4.79 Å². The van der Waals surface area contributed by atoms with Gasteiger partial charge in [-0.1, -0.05) is 19.3 Å². The molecule has 1 aliphatic rings. The summed E-state index contributed by atoms with van der Waals surface area (Å²) in [5.74, 6) is -2.03. The number of hydrogen-bond acceptors (Lipinski definition) is 3. The highest BCUT2D eigenvalue weighted by Crippen LogP contribution is 2.45. The summed E-state index contributed by atoms with van der Waals surface area (Å²) in [4.78, 5) is 11.7. The van der Waals surface area contributed by atoms with E-state index in [0.717, 1.165) is 25.3 Å². The van der Waals surface area contributed by atoms with Gasteiger partial charge in [-0.25, -0.2) is 4.39 Å². The number of carboxylic acids is 1. The molecule has 1 aromatic rings. The van der Waals surface area contributed by atoms with E-state index in [-0.39, 0.29) is 17.1 Å². The van der Waals surface area contributed by atoms with E-state index in [1.165, 1.54) is 13.2 Å². The first kappa shape index (κ1) is 13.6. The minimum absolute atomic E-state index is 0.0426. The molecule has 0 amide bonds. The van der Waals surface area contributed by atoms with Crippen LogP contribution in [0.1, 0.15) is 37.7 Å². The van der Waals surface area contributed by atoms with Crippen LogP contribution in [0.25, 0.3) is 0 Å². The summed E-state index contributed by atoms with van der Waals surface area (Å²) in [5, 5.41) is 19.5. The van der Waals surface area contributed by atoms with E-state index in [1.54, 1.807) is 0 Å². The van der Waals surface area contributed by atoms with Gasteiger partial charge in [0.2, 0.25) is 0 Å². The Bertz CT molecular complexity index is 492. The van der Waals surface area contributed by atoms with Crippen LogP contribution < -0.4 is 4.74 Å². The molecule has 1 fully saturated rings. The number of carboxylic acid groups (broad SMARTS) is 1. The molecule has 2 rings (SSSR count). The van der Waals surface area contributed by atoms with Crippen LogP contribution in [0.3, 0.4) is 0 Å². The van der Waals surface area contributed by atoms with Gasteiger partial charge < -0.3 is 14.9 Å². The van der Waals surface area contributed by atoms with Crippen molar-refractivity contribution in [2.24, 2.45) is 0 Å². The van der Waals surface area contributed by atoms with E-state index < -0.39 is 17.2 Å². The zero-order chi connectivity index (χ0) is 14.0. The monoisotopic (exact) mass is 268 g/mol. The molecule has 0 radical (unpaired) electrons. The van der Waals surface area contributed by atoms with E-state index in [1.807, 2.05) is 0 Å². The van der Waals surface area contributed by atoms with Gasteiger partial charge in [0.1, 0.15) is 5.75 Å². The quantitative estimate of drug-likeness (QED) is 0.884. The van der Waals surface area contributed by atoms with Gasteiger partial charge in [0.05, 0.1) is 12.5 Å². The second kappa shape index (κ2) is 5.07. The molecular formula is C14H17FO4. The van der Waals surface area contributed by atoms with Crippen LogP contribution in [0.15, 0.2) is 12.1 Å². The smallest absolute Gasteiger partial charge is 0.314 e. The average Bonchev–Trinajstić information content (AvgIpc) is 2.39. The van der Waals surface area contributed by atoms with Crippen molar-refractivity contribution in [2.75, 3.05) is 7.11 Å². The molecule has 0 bridgehead atoms. The highest BCUT2D eigenvalue weighted by molar-refractivity contribution is 5.83. The number of halogens is 1. The van der Waals surface area contributed by atoms with Gasteiger partial charge in [-0.15, -0.1) is 0 Å². The van der Waals surface area contributed by atoms with Crippen molar-refractivity contribution < 1.29 is 24.1 Å². The second-order valence-electron chi connectivity index (χ2n) is 4.95. The number of phenolic OH excluding ortho intramolecular Hbond substituents is 1. The van der Waals surface area contributed by atoms with Crippen LogP contribution in [-0.2, 0) is 10.2 Å².